The van der Waals surface area contributed by atoms with Gasteiger partial charge in [0.15, 0.2) is 4.99 Å². The van der Waals surface area contributed by atoms with E-state index in [4.69, 9.17) is 17.5 Å². The maximum atomic E-state index is 12.0. The zero-order valence-electron chi connectivity index (χ0n) is 10.8. The summed E-state index contributed by atoms with van der Waals surface area (Å²) in [4.78, 5) is 12.1. The third-order valence-electron chi connectivity index (χ3n) is 2.60. The Kier molecular flexibility index (Phi) is 5.04. The van der Waals surface area contributed by atoms with Gasteiger partial charge >= 0.3 is 0 Å². The Morgan fingerprint density at radius 3 is 2.43 bits per heavy atom. The van der Waals surface area contributed by atoms with Crippen LogP contribution in [0.4, 0.5) is 11.4 Å². The summed E-state index contributed by atoms with van der Waals surface area (Å²) in [6.07, 6.45) is 0. The average Bonchev–Trinajstić information content (AvgIpc) is 2.50. The van der Waals surface area contributed by atoms with Crippen molar-refractivity contribution < 1.29 is 4.79 Å². The van der Waals surface area contributed by atoms with Crippen molar-refractivity contribution in [2.24, 2.45) is 0 Å². The molecule has 2 rings (SSSR count). The smallest absolute Gasteiger partial charge is 0.283 e. The summed E-state index contributed by atoms with van der Waals surface area (Å²) in [5.74, 6) is -0.462. The Morgan fingerprint density at radius 2 is 1.76 bits per heavy atom. The van der Waals surface area contributed by atoms with Gasteiger partial charge in [-0.05, 0) is 36.4 Å². The molecule has 2 aromatic rings. The summed E-state index contributed by atoms with van der Waals surface area (Å²) < 4.78 is 0.936. The molecule has 0 bridgehead atoms. The van der Waals surface area contributed by atoms with Crippen molar-refractivity contribution in [1.82, 2.24) is 0 Å². The van der Waals surface area contributed by atoms with Crippen LogP contribution in [0.5, 0.6) is 0 Å². The van der Waals surface area contributed by atoms with E-state index in [2.05, 4.69) is 26.6 Å². The number of hydrogen-bond donors (Lipinski definition) is 2. The van der Waals surface area contributed by atoms with Gasteiger partial charge in [0.2, 0.25) is 0 Å². The highest BCUT2D eigenvalue weighted by Crippen LogP contribution is 2.16. The lowest BCUT2D eigenvalue weighted by atomic mass is 10.2. The molecule has 0 heterocycles. The highest BCUT2D eigenvalue weighted by atomic mass is 79.9. The zero-order chi connectivity index (χ0) is 15.2. The number of carbonyl (C=O) groups is 1. The second kappa shape index (κ2) is 6.97. The summed E-state index contributed by atoms with van der Waals surface area (Å²) in [5.41, 5.74) is 1.54. The van der Waals surface area contributed by atoms with Gasteiger partial charge in [-0.25, -0.2) is 0 Å². The predicted octanol–water partition coefficient (Wildman–Crippen LogP) is 3.70. The minimum atomic E-state index is -0.462. The molecule has 6 heteroatoms. The van der Waals surface area contributed by atoms with Crippen LogP contribution in [0.15, 0.2) is 53.0 Å². The monoisotopic (exact) mass is 359 g/mol. The first-order valence-corrected chi connectivity index (χ1v) is 7.17. The van der Waals surface area contributed by atoms with Crippen LogP contribution in [0.25, 0.3) is 0 Å². The van der Waals surface area contributed by atoms with E-state index in [0.717, 1.165) is 4.47 Å². The van der Waals surface area contributed by atoms with Crippen molar-refractivity contribution in [3.63, 3.8) is 0 Å². The fourth-order valence-electron chi connectivity index (χ4n) is 1.59. The van der Waals surface area contributed by atoms with E-state index < -0.39 is 5.91 Å². The van der Waals surface area contributed by atoms with Gasteiger partial charge in [-0.2, -0.15) is 5.26 Å². The summed E-state index contributed by atoms with van der Waals surface area (Å²) in [5, 5.41) is 14.4. The van der Waals surface area contributed by atoms with Gasteiger partial charge in [-0.15, -0.1) is 0 Å². The van der Waals surface area contributed by atoms with Gasteiger partial charge in [0.25, 0.3) is 5.91 Å². The Morgan fingerprint density at radius 1 is 1.10 bits per heavy atom. The number of nitrogens with zero attached hydrogens (tertiary/aromatic N) is 1. The number of benzene rings is 2. The number of anilines is 2. The van der Waals surface area contributed by atoms with Gasteiger partial charge in [0, 0.05) is 10.2 Å². The van der Waals surface area contributed by atoms with Crippen molar-refractivity contribution in [2.75, 3.05) is 10.6 Å². The minimum absolute atomic E-state index is 0.0325. The number of halogens is 1. The molecular weight excluding hydrogens is 350 g/mol. The average molecular weight is 360 g/mol. The molecule has 0 saturated carbocycles. The van der Waals surface area contributed by atoms with Crippen LogP contribution in [0, 0.1) is 11.3 Å². The predicted molar refractivity (Wildman–Crippen MR) is 90.1 cm³/mol. The molecule has 0 aliphatic rings. The van der Waals surface area contributed by atoms with Crippen molar-refractivity contribution in [3.8, 4) is 6.07 Å². The fraction of sp³-hybridized carbons (Fsp3) is 0. The van der Waals surface area contributed by atoms with Crippen molar-refractivity contribution in [1.29, 1.82) is 5.26 Å². The van der Waals surface area contributed by atoms with Crippen molar-refractivity contribution >= 4 is 50.4 Å². The van der Waals surface area contributed by atoms with Gasteiger partial charge < -0.3 is 10.6 Å². The van der Waals surface area contributed by atoms with E-state index in [1.54, 1.807) is 36.4 Å². The lowest BCUT2D eigenvalue weighted by Crippen LogP contribution is -2.27. The zero-order valence-corrected chi connectivity index (χ0v) is 13.2. The Balaban J connectivity index is 2.05. The van der Waals surface area contributed by atoms with Gasteiger partial charge in [-0.3, -0.25) is 4.79 Å². The molecule has 21 heavy (non-hydrogen) atoms. The molecule has 0 atom stereocenters. The molecular formula is C15H10BrN3OS. The van der Waals surface area contributed by atoms with E-state index in [9.17, 15) is 4.79 Å². The van der Waals surface area contributed by atoms with Gasteiger partial charge in [-0.1, -0.05) is 40.3 Å². The minimum Gasteiger partial charge on any atom is -0.342 e. The normalized spacial score (nSPS) is 9.52. The molecule has 0 aromatic heterocycles. The van der Waals surface area contributed by atoms with Crippen molar-refractivity contribution in [3.05, 3.63) is 58.6 Å². The molecule has 0 fully saturated rings. The number of amides is 1. The summed E-state index contributed by atoms with van der Waals surface area (Å²) in [7, 11) is 0. The van der Waals surface area contributed by atoms with E-state index in [0.29, 0.717) is 16.9 Å². The molecule has 104 valence electrons. The maximum absolute atomic E-state index is 12.0. The third kappa shape index (κ3) is 4.12. The standard InChI is InChI=1S/C15H10BrN3OS/c16-11-5-7-12(8-6-11)18-15(21)14(20)19-13-4-2-1-3-10(13)9-17/h1-8H,(H,18,21)(H,19,20). The molecule has 2 N–H and O–H groups in total. The lowest BCUT2D eigenvalue weighted by molar-refractivity contribution is -0.110. The third-order valence-corrected chi connectivity index (χ3v) is 3.42. The first kappa shape index (κ1) is 15.2. The maximum Gasteiger partial charge on any atom is 0.283 e. The number of rotatable bonds is 2. The fourth-order valence-corrected chi connectivity index (χ4v) is 2.02. The first-order chi connectivity index (χ1) is 10.1. The summed E-state index contributed by atoms with van der Waals surface area (Å²) in [6.45, 7) is 0. The quantitative estimate of drug-likeness (QED) is 0.802. The number of hydrogen-bond acceptors (Lipinski definition) is 3. The van der Waals surface area contributed by atoms with E-state index in [1.807, 2.05) is 18.2 Å². The van der Waals surface area contributed by atoms with Crippen LogP contribution in [0.2, 0.25) is 0 Å². The van der Waals surface area contributed by atoms with Crippen LogP contribution in [-0.2, 0) is 4.79 Å². The lowest BCUT2D eigenvalue weighted by Gasteiger charge is -2.09. The molecule has 0 unspecified atom stereocenters. The Labute approximate surface area is 135 Å². The Bertz CT molecular complexity index is 722. The molecule has 0 saturated heterocycles. The summed E-state index contributed by atoms with van der Waals surface area (Å²) in [6, 6.07) is 16.0. The Hall–Kier alpha value is -2.23. The second-order valence-corrected chi connectivity index (χ2v) is 5.40. The van der Waals surface area contributed by atoms with E-state index >= 15 is 0 Å². The SMILES string of the molecule is N#Cc1ccccc1NC(=O)C(=S)Nc1ccc(Br)cc1. The van der Waals surface area contributed by atoms with E-state index in [1.165, 1.54) is 0 Å². The van der Waals surface area contributed by atoms with Gasteiger partial charge in [0.05, 0.1) is 11.3 Å². The number of para-hydroxylation sites is 1. The molecule has 2 aromatic carbocycles. The number of thiocarbonyl (C=S) groups is 1. The number of nitrogens with one attached hydrogen (secondary N) is 2. The van der Waals surface area contributed by atoms with Crippen LogP contribution >= 0.6 is 28.1 Å². The molecule has 0 spiro atoms. The topological polar surface area (TPSA) is 64.9 Å². The van der Waals surface area contributed by atoms with Crippen LogP contribution < -0.4 is 10.6 Å². The number of carbonyl (C=O) groups excluding carboxylic acids is 1. The molecule has 4 nitrogen and oxygen atoms in total. The van der Waals surface area contributed by atoms with Crippen LogP contribution in [-0.4, -0.2) is 10.9 Å². The number of nitriles is 1. The highest BCUT2D eigenvalue weighted by molar-refractivity contribution is 9.10. The molecule has 0 aliphatic heterocycles. The van der Waals surface area contributed by atoms with Gasteiger partial charge in [0.1, 0.15) is 6.07 Å². The molecule has 0 radical (unpaired) electrons. The molecule has 1 amide bonds. The van der Waals surface area contributed by atoms with Crippen LogP contribution in [0.1, 0.15) is 5.56 Å². The second-order valence-electron chi connectivity index (χ2n) is 4.07. The summed E-state index contributed by atoms with van der Waals surface area (Å²) >= 11 is 8.38. The molecule has 0 aliphatic carbocycles. The van der Waals surface area contributed by atoms with Crippen LogP contribution in [0.3, 0.4) is 0 Å². The van der Waals surface area contributed by atoms with E-state index in [-0.39, 0.29) is 4.99 Å². The van der Waals surface area contributed by atoms with Crippen molar-refractivity contribution in [2.45, 2.75) is 0 Å². The highest BCUT2D eigenvalue weighted by Gasteiger charge is 2.11. The largest absolute Gasteiger partial charge is 0.342 e. The first-order valence-electron chi connectivity index (χ1n) is 5.97.